The highest BCUT2D eigenvalue weighted by Gasteiger charge is 2.05. The molecule has 0 aliphatic heterocycles. The summed E-state index contributed by atoms with van der Waals surface area (Å²) in [5.74, 6) is 0.452. The summed E-state index contributed by atoms with van der Waals surface area (Å²) in [4.78, 5) is 0. The Bertz CT molecular complexity index is 197. The summed E-state index contributed by atoms with van der Waals surface area (Å²) < 4.78 is 0. The van der Waals surface area contributed by atoms with Gasteiger partial charge in [0.15, 0.2) is 0 Å². The first-order chi connectivity index (χ1) is 6.63. The maximum Gasteiger partial charge on any atom is 0.0345 e. The molecule has 1 nitrogen and oxygen atoms in total. The molecule has 0 spiro atoms. The molecule has 1 N–H and O–H groups in total. The summed E-state index contributed by atoms with van der Waals surface area (Å²) in [6.07, 6.45) is 6.85. The Kier molecular flexibility index (Phi) is 11.4. The van der Waals surface area contributed by atoms with Crippen molar-refractivity contribution >= 4 is 5.71 Å². The summed E-state index contributed by atoms with van der Waals surface area (Å²) in [6.45, 7) is 12.3. The Labute approximate surface area is 89.4 Å². The van der Waals surface area contributed by atoms with Crippen LogP contribution in [0, 0.1) is 11.3 Å². The molecular formula is C13H25N. The van der Waals surface area contributed by atoms with Gasteiger partial charge in [0.2, 0.25) is 0 Å². The van der Waals surface area contributed by atoms with Crippen LogP contribution in [0.2, 0.25) is 0 Å². The second-order valence-electron chi connectivity index (χ2n) is 3.13. The number of nitrogens with one attached hydrogen (secondary N) is 1. The second-order valence-corrected chi connectivity index (χ2v) is 3.13. The maximum absolute atomic E-state index is 7.70. The van der Waals surface area contributed by atoms with Crippen LogP contribution < -0.4 is 0 Å². The predicted molar refractivity (Wildman–Crippen MR) is 67.1 cm³/mol. The smallest absolute Gasteiger partial charge is 0.0345 e. The second kappa shape index (κ2) is 10.2. The van der Waals surface area contributed by atoms with Gasteiger partial charge in [0.1, 0.15) is 0 Å². The Balaban J connectivity index is 0. The monoisotopic (exact) mass is 195 g/mol. The zero-order chi connectivity index (χ0) is 11.6. The van der Waals surface area contributed by atoms with Crippen LogP contribution in [0.1, 0.15) is 48.0 Å². The topological polar surface area (TPSA) is 23.9 Å². The van der Waals surface area contributed by atoms with E-state index in [1.807, 2.05) is 45.9 Å². The maximum atomic E-state index is 7.70. The first kappa shape index (κ1) is 15.6. The van der Waals surface area contributed by atoms with Gasteiger partial charge in [-0.3, -0.25) is 0 Å². The lowest BCUT2D eigenvalue weighted by atomic mass is 9.96. The molecular weight excluding hydrogens is 170 g/mol. The van der Waals surface area contributed by atoms with Crippen molar-refractivity contribution in [3.63, 3.8) is 0 Å². The van der Waals surface area contributed by atoms with Gasteiger partial charge in [-0.05, 0) is 24.8 Å². The first-order valence-electron chi connectivity index (χ1n) is 5.54. The molecule has 82 valence electrons. The molecule has 14 heavy (non-hydrogen) atoms. The van der Waals surface area contributed by atoms with Crippen LogP contribution in [0.4, 0.5) is 0 Å². The molecule has 0 bridgehead atoms. The lowest BCUT2D eigenvalue weighted by Crippen LogP contribution is -2.05. The molecule has 0 saturated heterocycles. The summed E-state index contributed by atoms with van der Waals surface area (Å²) in [5.41, 5.74) is 1.90. The van der Waals surface area contributed by atoms with E-state index in [0.29, 0.717) is 5.92 Å². The van der Waals surface area contributed by atoms with Crippen molar-refractivity contribution in [1.82, 2.24) is 0 Å². The Morgan fingerprint density at radius 1 is 1.29 bits per heavy atom. The molecule has 0 aliphatic carbocycles. The Morgan fingerprint density at radius 3 is 2.07 bits per heavy atom. The van der Waals surface area contributed by atoms with Gasteiger partial charge in [0.05, 0.1) is 0 Å². The highest BCUT2D eigenvalue weighted by Crippen LogP contribution is 2.12. The van der Waals surface area contributed by atoms with E-state index in [9.17, 15) is 0 Å². The molecule has 0 fully saturated rings. The van der Waals surface area contributed by atoms with Gasteiger partial charge < -0.3 is 5.41 Å². The Hall–Kier alpha value is -0.850. The zero-order valence-electron chi connectivity index (χ0n) is 10.5. The Morgan fingerprint density at radius 2 is 1.79 bits per heavy atom. The minimum absolute atomic E-state index is 0.452. The van der Waals surface area contributed by atoms with Gasteiger partial charge in [-0.15, -0.1) is 0 Å². The highest BCUT2D eigenvalue weighted by atomic mass is 14.4. The molecule has 0 atom stereocenters. The van der Waals surface area contributed by atoms with Crippen molar-refractivity contribution in [1.29, 1.82) is 5.41 Å². The summed E-state index contributed by atoms with van der Waals surface area (Å²) >= 11 is 0. The van der Waals surface area contributed by atoms with E-state index in [0.717, 1.165) is 17.7 Å². The van der Waals surface area contributed by atoms with Crippen LogP contribution in [0.3, 0.4) is 0 Å². The predicted octanol–water partition coefficient (Wildman–Crippen LogP) is 4.60. The summed E-state index contributed by atoms with van der Waals surface area (Å²) in [7, 11) is 0. The lowest BCUT2D eigenvalue weighted by molar-refractivity contribution is 0.796. The molecule has 0 aromatic rings. The van der Waals surface area contributed by atoms with Crippen LogP contribution in [-0.4, -0.2) is 5.71 Å². The van der Waals surface area contributed by atoms with E-state index in [1.54, 1.807) is 0 Å². The fourth-order valence-corrected chi connectivity index (χ4v) is 1.05. The molecule has 0 rings (SSSR count). The summed E-state index contributed by atoms with van der Waals surface area (Å²) in [6, 6.07) is 0. The average molecular weight is 195 g/mol. The average Bonchev–Trinajstić information content (AvgIpc) is 2.20. The minimum Gasteiger partial charge on any atom is -0.305 e. The molecule has 1 heteroatoms. The zero-order valence-corrected chi connectivity index (χ0v) is 10.5. The minimum atomic E-state index is 0.452. The fourth-order valence-electron chi connectivity index (χ4n) is 1.05. The van der Waals surface area contributed by atoms with E-state index in [4.69, 9.17) is 5.41 Å². The van der Waals surface area contributed by atoms with Crippen molar-refractivity contribution in [2.24, 2.45) is 5.92 Å². The van der Waals surface area contributed by atoms with E-state index >= 15 is 0 Å². The summed E-state index contributed by atoms with van der Waals surface area (Å²) in [5, 5.41) is 7.70. The first-order valence-corrected chi connectivity index (χ1v) is 5.54. The van der Waals surface area contributed by atoms with Crippen molar-refractivity contribution < 1.29 is 0 Å². The molecule has 0 radical (unpaired) electrons. The van der Waals surface area contributed by atoms with Gasteiger partial charge in [-0.1, -0.05) is 52.8 Å². The van der Waals surface area contributed by atoms with Gasteiger partial charge in [-0.2, -0.15) is 0 Å². The van der Waals surface area contributed by atoms with E-state index in [-0.39, 0.29) is 0 Å². The van der Waals surface area contributed by atoms with Crippen molar-refractivity contribution in [2.75, 3.05) is 0 Å². The molecule has 0 aromatic carbocycles. The number of allylic oxidation sites excluding steroid dienone is 4. The fraction of sp³-hybridized carbons (Fsp3) is 0.615. The molecule has 0 amide bonds. The molecule has 0 aliphatic rings. The number of rotatable bonds is 4. The van der Waals surface area contributed by atoms with E-state index in [2.05, 4.69) is 13.8 Å². The van der Waals surface area contributed by atoms with Gasteiger partial charge >= 0.3 is 0 Å². The number of hydrogen-bond acceptors (Lipinski definition) is 1. The quantitative estimate of drug-likeness (QED) is 0.500. The largest absolute Gasteiger partial charge is 0.305 e. The molecule has 0 saturated carbocycles. The van der Waals surface area contributed by atoms with Crippen molar-refractivity contribution in [3.8, 4) is 0 Å². The molecule has 0 heterocycles. The standard InChI is InChI=1S/C11H19N.C2H6/c1-5-7-8-10(9(3)4)11(12)6-2;1-2/h5,7-9,12H,6H2,1-4H3;1-2H3/b7-5-,10-8-,12-11?;. The van der Waals surface area contributed by atoms with Crippen LogP contribution >= 0.6 is 0 Å². The van der Waals surface area contributed by atoms with Crippen LogP contribution in [0.5, 0.6) is 0 Å². The van der Waals surface area contributed by atoms with Gasteiger partial charge in [0.25, 0.3) is 0 Å². The molecule has 0 unspecified atom stereocenters. The third-order valence-corrected chi connectivity index (χ3v) is 1.79. The third-order valence-electron chi connectivity index (χ3n) is 1.79. The number of hydrogen-bond donors (Lipinski definition) is 1. The van der Waals surface area contributed by atoms with E-state index in [1.165, 1.54) is 0 Å². The normalized spacial score (nSPS) is 11.5. The van der Waals surface area contributed by atoms with Crippen molar-refractivity contribution in [3.05, 3.63) is 23.8 Å². The van der Waals surface area contributed by atoms with Gasteiger partial charge in [0, 0.05) is 5.71 Å². The van der Waals surface area contributed by atoms with Gasteiger partial charge in [-0.25, -0.2) is 0 Å². The lowest BCUT2D eigenvalue weighted by Gasteiger charge is -2.10. The van der Waals surface area contributed by atoms with Crippen LogP contribution in [0.15, 0.2) is 23.8 Å². The van der Waals surface area contributed by atoms with Crippen LogP contribution in [-0.2, 0) is 0 Å². The van der Waals surface area contributed by atoms with Crippen LogP contribution in [0.25, 0.3) is 0 Å². The third kappa shape index (κ3) is 6.64. The van der Waals surface area contributed by atoms with E-state index < -0.39 is 0 Å². The molecule has 0 aromatic heterocycles. The van der Waals surface area contributed by atoms with Crippen molar-refractivity contribution in [2.45, 2.75) is 48.0 Å². The SMILES string of the molecule is C/C=C\C=C(/C(=N)CC)C(C)C.CC. The highest BCUT2D eigenvalue weighted by molar-refractivity contribution is 5.98.